The summed E-state index contributed by atoms with van der Waals surface area (Å²) >= 11 is 5.83. The van der Waals surface area contributed by atoms with E-state index < -0.39 is 6.10 Å². The molecule has 0 spiro atoms. The molecule has 0 fully saturated rings. The number of halogens is 2. The quantitative estimate of drug-likeness (QED) is 0.863. The summed E-state index contributed by atoms with van der Waals surface area (Å²) in [4.78, 5) is 0. The maximum atomic E-state index is 9.69. The topological polar surface area (TPSA) is 46.2 Å². The normalized spacial score (nSPS) is 14.1. The summed E-state index contributed by atoms with van der Waals surface area (Å²) in [6.07, 6.45) is 1.15. The van der Waals surface area contributed by atoms with Crippen molar-refractivity contribution >= 4 is 24.0 Å². The van der Waals surface area contributed by atoms with Crippen molar-refractivity contribution in [2.45, 2.75) is 31.9 Å². The lowest BCUT2D eigenvalue weighted by Gasteiger charge is -2.18. The third-order valence-electron chi connectivity index (χ3n) is 2.23. The van der Waals surface area contributed by atoms with Gasteiger partial charge in [-0.05, 0) is 24.1 Å². The van der Waals surface area contributed by atoms with Crippen LogP contribution in [0.5, 0.6) is 0 Å². The molecule has 1 aromatic rings. The summed E-state index contributed by atoms with van der Waals surface area (Å²) in [6, 6.07) is 6.98. The molecule has 0 saturated heterocycles. The number of hydrogen-bond donors (Lipinski definition) is 2. The molecular formula is C11H17Cl2NO. The van der Waals surface area contributed by atoms with Gasteiger partial charge in [-0.1, -0.05) is 37.1 Å². The molecule has 0 aliphatic rings. The Morgan fingerprint density at radius 3 is 2.67 bits per heavy atom. The minimum atomic E-state index is -0.488. The number of aliphatic hydroxyl groups excluding tert-OH is 1. The first-order valence-electron chi connectivity index (χ1n) is 4.84. The van der Waals surface area contributed by atoms with Crippen LogP contribution >= 0.6 is 24.0 Å². The molecule has 0 saturated carbocycles. The molecule has 4 heteroatoms. The standard InChI is InChI=1S/C11H16ClNO.ClH/c1-2-4-10(14)11(13)8-5-3-6-9(12)7-8;/h3,5-7,10-11,14H,2,4,13H2,1H3;1H/t10-,11+;/m0./s1. The highest BCUT2D eigenvalue weighted by molar-refractivity contribution is 6.30. The molecule has 0 unspecified atom stereocenters. The number of hydrogen-bond acceptors (Lipinski definition) is 2. The second kappa shape index (κ2) is 7.07. The molecule has 1 rings (SSSR count). The predicted molar refractivity (Wildman–Crippen MR) is 66.5 cm³/mol. The van der Waals surface area contributed by atoms with Crippen LogP contribution in [0.1, 0.15) is 31.4 Å². The van der Waals surface area contributed by atoms with Gasteiger partial charge in [-0.25, -0.2) is 0 Å². The van der Waals surface area contributed by atoms with Crippen LogP contribution < -0.4 is 5.73 Å². The minimum Gasteiger partial charge on any atom is -0.391 e. The van der Waals surface area contributed by atoms with Gasteiger partial charge in [0, 0.05) is 5.02 Å². The van der Waals surface area contributed by atoms with E-state index in [0.717, 1.165) is 12.0 Å². The first-order chi connectivity index (χ1) is 6.65. The maximum absolute atomic E-state index is 9.69. The smallest absolute Gasteiger partial charge is 0.0732 e. The molecule has 0 aromatic heterocycles. The van der Waals surface area contributed by atoms with E-state index in [4.69, 9.17) is 17.3 Å². The summed E-state index contributed by atoms with van der Waals surface area (Å²) in [5.41, 5.74) is 6.77. The zero-order valence-electron chi connectivity index (χ0n) is 8.69. The van der Waals surface area contributed by atoms with Gasteiger partial charge >= 0.3 is 0 Å². The monoisotopic (exact) mass is 249 g/mol. The Hall–Kier alpha value is -0.280. The lowest BCUT2D eigenvalue weighted by molar-refractivity contribution is 0.134. The molecular weight excluding hydrogens is 233 g/mol. The number of rotatable bonds is 4. The van der Waals surface area contributed by atoms with Crippen LogP contribution in [0.25, 0.3) is 0 Å². The predicted octanol–water partition coefficient (Wildman–Crippen LogP) is 2.92. The van der Waals surface area contributed by atoms with Gasteiger partial charge in [0.25, 0.3) is 0 Å². The highest BCUT2D eigenvalue weighted by Gasteiger charge is 2.15. The van der Waals surface area contributed by atoms with Crippen molar-refractivity contribution in [1.82, 2.24) is 0 Å². The Labute approximate surface area is 102 Å². The Morgan fingerprint density at radius 1 is 1.47 bits per heavy atom. The van der Waals surface area contributed by atoms with E-state index in [0.29, 0.717) is 11.4 Å². The second-order valence-corrected chi connectivity index (χ2v) is 3.87. The zero-order valence-corrected chi connectivity index (χ0v) is 10.3. The van der Waals surface area contributed by atoms with Crippen LogP contribution in [0.2, 0.25) is 5.02 Å². The van der Waals surface area contributed by atoms with E-state index in [1.807, 2.05) is 19.1 Å². The molecule has 0 bridgehead atoms. The Balaban J connectivity index is 0.00000196. The average molecular weight is 250 g/mol. The van der Waals surface area contributed by atoms with Crippen molar-refractivity contribution in [3.8, 4) is 0 Å². The summed E-state index contributed by atoms with van der Waals surface area (Å²) < 4.78 is 0. The van der Waals surface area contributed by atoms with Crippen LogP contribution in [0.3, 0.4) is 0 Å². The highest BCUT2D eigenvalue weighted by atomic mass is 35.5. The zero-order chi connectivity index (χ0) is 10.6. The van der Waals surface area contributed by atoms with Gasteiger partial charge in [0.15, 0.2) is 0 Å². The molecule has 0 aliphatic heterocycles. The van der Waals surface area contributed by atoms with Gasteiger partial charge < -0.3 is 10.8 Å². The van der Waals surface area contributed by atoms with E-state index in [-0.39, 0.29) is 18.4 Å². The van der Waals surface area contributed by atoms with Gasteiger partial charge in [-0.3, -0.25) is 0 Å². The van der Waals surface area contributed by atoms with Crippen molar-refractivity contribution in [3.63, 3.8) is 0 Å². The van der Waals surface area contributed by atoms with Gasteiger partial charge in [-0.2, -0.15) is 0 Å². The molecule has 15 heavy (non-hydrogen) atoms. The number of benzene rings is 1. The Bertz CT molecular complexity index is 294. The summed E-state index contributed by atoms with van der Waals surface area (Å²) in [7, 11) is 0. The Kier molecular flexibility index (Phi) is 6.94. The number of aliphatic hydroxyl groups is 1. The molecule has 2 nitrogen and oxygen atoms in total. The van der Waals surface area contributed by atoms with E-state index in [9.17, 15) is 5.11 Å². The molecule has 0 radical (unpaired) electrons. The van der Waals surface area contributed by atoms with Gasteiger partial charge in [-0.15, -0.1) is 12.4 Å². The fraction of sp³-hybridized carbons (Fsp3) is 0.455. The van der Waals surface area contributed by atoms with E-state index in [1.165, 1.54) is 0 Å². The van der Waals surface area contributed by atoms with Crippen LogP contribution in [0.15, 0.2) is 24.3 Å². The number of nitrogens with two attached hydrogens (primary N) is 1. The van der Waals surface area contributed by atoms with E-state index >= 15 is 0 Å². The lowest BCUT2D eigenvalue weighted by Crippen LogP contribution is -2.25. The van der Waals surface area contributed by atoms with Gasteiger partial charge in [0.1, 0.15) is 0 Å². The molecule has 86 valence electrons. The van der Waals surface area contributed by atoms with Crippen LogP contribution in [0, 0.1) is 0 Å². The third-order valence-corrected chi connectivity index (χ3v) is 2.47. The molecule has 0 amide bonds. The van der Waals surface area contributed by atoms with Gasteiger partial charge in [0.2, 0.25) is 0 Å². The van der Waals surface area contributed by atoms with Gasteiger partial charge in [0.05, 0.1) is 12.1 Å². The summed E-state index contributed by atoms with van der Waals surface area (Å²) in [6.45, 7) is 2.02. The van der Waals surface area contributed by atoms with Crippen LogP contribution in [-0.4, -0.2) is 11.2 Å². The maximum Gasteiger partial charge on any atom is 0.0732 e. The molecule has 0 aliphatic carbocycles. The van der Waals surface area contributed by atoms with Crippen LogP contribution in [-0.2, 0) is 0 Å². The van der Waals surface area contributed by atoms with E-state index in [1.54, 1.807) is 12.1 Å². The van der Waals surface area contributed by atoms with Crippen molar-refractivity contribution < 1.29 is 5.11 Å². The first kappa shape index (κ1) is 14.7. The SMILES string of the molecule is CCC[C@H](O)[C@H](N)c1cccc(Cl)c1.Cl. The fourth-order valence-electron chi connectivity index (χ4n) is 1.41. The highest BCUT2D eigenvalue weighted by Crippen LogP contribution is 2.20. The second-order valence-electron chi connectivity index (χ2n) is 3.44. The molecule has 3 N–H and O–H groups in total. The molecule has 1 aromatic carbocycles. The van der Waals surface area contributed by atoms with Crippen molar-refractivity contribution in [3.05, 3.63) is 34.9 Å². The van der Waals surface area contributed by atoms with Crippen molar-refractivity contribution in [2.24, 2.45) is 5.73 Å². The van der Waals surface area contributed by atoms with E-state index in [2.05, 4.69) is 0 Å². The first-order valence-corrected chi connectivity index (χ1v) is 5.22. The lowest BCUT2D eigenvalue weighted by atomic mass is 9.99. The third kappa shape index (κ3) is 4.39. The Morgan fingerprint density at radius 2 is 2.13 bits per heavy atom. The minimum absolute atomic E-state index is 0. The molecule has 2 atom stereocenters. The fourth-order valence-corrected chi connectivity index (χ4v) is 1.61. The summed E-state index contributed by atoms with van der Waals surface area (Å²) in [5.74, 6) is 0. The largest absolute Gasteiger partial charge is 0.391 e. The summed E-state index contributed by atoms with van der Waals surface area (Å²) in [5, 5.41) is 10.3. The average Bonchev–Trinajstić information content (AvgIpc) is 2.17. The molecule has 0 heterocycles. The van der Waals surface area contributed by atoms with Crippen molar-refractivity contribution in [1.29, 1.82) is 0 Å². The van der Waals surface area contributed by atoms with Crippen molar-refractivity contribution in [2.75, 3.05) is 0 Å². The van der Waals surface area contributed by atoms with Crippen LogP contribution in [0.4, 0.5) is 0 Å².